The van der Waals surface area contributed by atoms with Crippen LogP contribution in [0.5, 0.6) is 5.75 Å². The van der Waals surface area contributed by atoms with Crippen molar-refractivity contribution in [2.75, 3.05) is 0 Å². The van der Waals surface area contributed by atoms with Crippen molar-refractivity contribution < 1.29 is 14.6 Å². The third-order valence-electron chi connectivity index (χ3n) is 3.45. The Balaban J connectivity index is 2.00. The number of ether oxygens (including phenoxy) is 1. The molecule has 0 radical (unpaired) electrons. The first-order chi connectivity index (χ1) is 10.2. The van der Waals surface area contributed by atoms with Crippen LogP contribution in [0.1, 0.15) is 4.88 Å². The number of amides is 1. The first-order valence-electron chi connectivity index (χ1n) is 6.36. The van der Waals surface area contributed by atoms with Crippen LogP contribution in [0.2, 0.25) is 0 Å². The fourth-order valence-corrected chi connectivity index (χ4v) is 3.66. The molecule has 0 unspecified atom stereocenters. The van der Waals surface area contributed by atoms with E-state index in [1.165, 1.54) is 17.4 Å². The molecular weight excluding hydrogens is 288 g/mol. The van der Waals surface area contributed by atoms with Crippen molar-refractivity contribution in [3.05, 3.63) is 47.8 Å². The number of hydrogen-bond acceptors (Lipinski definition) is 4. The van der Waals surface area contributed by atoms with Gasteiger partial charge in [0, 0.05) is 27.9 Å². The quantitative estimate of drug-likeness (QED) is 0.686. The van der Waals surface area contributed by atoms with Crippen molar-refractivity contribution in [2.45, 2.75) is 6.54 Å². The van der Waals surface area contributed by atoms with Crippen molar-refractivity contribution in [1.29, 1.82) is 0 Å². The van der Waals surface area contributed by atoms with Crippen LogP contribution in [0.4, 0.5) is 4.79 Å². The molecular formula is C15H10N2O3S. The normalized spacial score (nSPS) is 14.0. The SMILES string of the molecule is O=C(O)N1C=COc2c(sc3ccc4ncccc4c23)C1. The number of nitrogens with zero attached hydrogens (tertiary/aromatic N) is 2. The topological polar surface area (TPSA) is 62.7 Å². The number of pyridine rings is 1. The molecule has 1 aromatic carbocycles. The third-order valence-corrected chi connectivity index (χ3v) is 4.57. The lowest BCUT2D eigenvalue weighted by Gasteiger charge is -2.10. The van der Waals surface area contributed by atoms with Crippen LogP contribution in [0.3, 0.4) is 0 Å². The van der Waals surface area contributed by atoms with Crippen LogP contribution in [0.15, 0.2) is 42.9 Å². The van der Waals surface area contributed by atoms with Crippen LogP contribution >= 0.6 is 11.3 Å². The molecule has 104 valence electrons. The van der Waals surface area contributed by atoms with E-state index < -0.39 is 6.09 Å². The molecule has 2 aromatic heterocycles. The van der Waals surface area contributed by atoms with Gasteiger partial charge in [0.1, 0.15) is 6.26 Å². The molecule has 1 N–H and O–H groups in total. The Morgan fingerprint density at radius 1 is 1.38 bits per heavy atom. The van der Waals surface area contributed by atoms with Gasteiger partial charge in [-0.1, -0.05) is 6.07 Å². The molecule has 0 saturated carbocycles. The lowest BCUT2D eigenvalue weighted by molar-refractivity contribution is 0.161. The molecule has 1 aliphatic heterocycles. The van der Waals surface area contributed by atoms with Gasteiger partial charge in [-0.3, -0.25) is 9.88 Å². The smallest absolute Gasteiger partial charge is 0.411 e. The number of benzene rings is 1. The highest BCUT2D eigenvalue weighted by atomic mass is 32.1. The van der Waals surface area contributed by atoms with E-state index in [1.54, 1.807) is 17.5 Å². The van der Waals surface area contributed by atoms with Crippen molar-refractivity contribution >= 4 is 38.4 Å². The summed E-state index contributed by atoms with van der Waals surface area (Å²) in [6, 6.07) is 7.87. The summed E-state index contributed by atoms with van der Waals surface area (Å²) in [6.45, 7) is 0.294. The first-order valence-corrected chi connectivity index (χ1v) is 7.18. The minimum absolute atomic E-state index is 0.294. The third kappa shape index (κ3) is 1.84. The summed E-state index contributed by atoms with van der Waals surface area (Å²) in [5, 5.41) is 11.2. The zero-order chi connectivity index (χ0) is 14.4. The zero-order valence-electron chi connectivity index (χ0n) is 10.8. The van der Waals surface area contributed by atoms with Crippen LogP contribution in [0.25, 0.3) is 21.0 Å². The molecule has 5 nitrogen and oxygen atoms in total. The van der Waals surface area contributed by atoms with E-state index in [0.717, 1.165) is 31.6 Å². The lowest BCUT2D eigenvalue weighted by Crippen LogP contribution is -2.21. The van der Waals surface area contributed by atoms with Gasteiger partial charge in [0.05, 0.1) is 16.9 Å². The molecule has 0 fully saturated rings. The van der Waals surface area contributed by atoms with Crippen molar-refractivity contribution in [2.24, 2.45) is 0 Å². The maximum atomic E-state index is 11.2. The summed E-state index contributed by atoms with van der Waals surface area (Å²) < 4.78 is 6.76. The van der Waals surface area contributed by atoms with Crippen molar-refractivity contribution in [1.82, 2.24) is 9.88 Å². The molecule has 3 heterocycles. The van der Waals surface area contributed by atoms with Gasteiger partial charge in [0.2, 0.25) is 0 Å². The summed E-state index contributed by atoms with van der Waals surface area (Å²) in [7, 11) is 0. The molecule has 0 atom stereocenters. The highest BCUT2D eigenvalue weighted by Gasteiger charge is 2.22. The minimum atomic E-state index is -0.994. The maximum Gasteiger partial charge on any atom is 0.411 e. The van der Waals surface area contributed by atoms with Gasteiger partial charge in [0.15, 0.2) is 5.75 Å². The van der Waals surface area contributed by atoms with Crippen molar-refractivity contribution in [3.8, 4) is 5.75 Å². The van der Waals surface area contributed by atoms with Crippen LogP contribution in [-0.4, -0.2) is 21.1 Å². The molecule has 21 heavy (non-hydrogen) atoms. The number of carboxylic acid groups (broad SMARTS) is 1. The van der Waals surface area contributed by atoms with E-state index in [0.29, 0.717) is 6.54 Å². The molecule has 0 bridgehead atoms. The summed E-state index contributed by atoms with van der Waals surface area (Å²) in [6.07, 6.45) is 3.62. The largest absolute Gasteiger partial charge is 0.465 e. The highest BCUT2D eigenvalue weighted by molar-refractivity contribution is 7.19. The van der Waals surface area contributed by atoms with Gasteiger partial charge in [-0.15, -0.1) is 11.3 Å². The van der Waals surface area contributed by atoms with Crippen LogP contribution in [-0.2, 0) is 6.54 Å². The van der Waals surface area contributed by atoms with Crippen LogP contribution < -0.4 is 4.74 Å². The van der Waals surface area contributed by atoms with Gasteiger partial charge < -0.3 is 9.84 Å². The number of hydrogen-bond donors (Lipinski definition) is 1. The monoisotopic (exact) mass is 298 g/mol. The molecule has 6 heteroatoms. The standard InChI is InChI=1S/C15H10N2O3S/c18-15(19)17-6-7-20-14-12(8-17)21-11-4-3-10-9(13(11)14)2-1-5-16-10/h1-7H,8H2,(H,18,19). The Bertz CT molecular complexity index is 900. The average Bonchev–Trinajstić information content (AvgIpc) is 2.70. The summed E-state index contributed by atoms with van der Waals surface area (Å²) in [5.41, 5.74) is 0.900. The molecule has 3 aromatic rings. The van der Waals surface area contributed by atoms with E-state index in [9.17, 15) is 4.79 Å². The van der Waals surface area contributed by atoms with Gasteiger partial charge in [-0.05, 0) is 18.2 Å². The van der Waals surface area contributed by atoms with E-state index in [2.05, 4.69) is 4.98 Å². The number of thiophene rings is 1. The fraction of sp³-hybridized carbons (Fsp3) is 0.0667. The second-order valence-electron chi connectivity index (χ2n) is 4.68. The van der Waals surface area contributed by atoms with E-state index in [-0.39, 0.29) is 0 Å². The second kappa shape index (κ2) is 4.46. The zero-order valence-corrected chi connectivity index (χ0v) is 11.6. The minimum Gasteiger partial charge on any atom is -0.465 e. The molecule has 1 aliphatic rings. The van der Waals surface area contributed by atoms with E-state index >= 15 is 0 Å². The Morgan fingerprint density at radius 3 is 3.14 bits per heavy atom. The predicted molar refractivity (Wildman–Crippen MR) is 80.5 cm³/mol. The summed E-state index contributed by atoms with van der Waals surface area (Å²) in [4.78, 5) is 17.6. The lowest BCUT2D eigenvalue weighted by atomic mass is 10.1. The second-order valence-corrected chi connectivity index (χ2v) is 5.81. The summed E-state index contributed by atoms with van der Waals surface area (Å²) >= 11 is 1.55. The molecule has 4 rings (SSSR count). The van der Waals surface area contributed by atoms with Crippen molar-refractivity contribution in [3.63, 3.8) is 0 Å². The molecule has 0 saturated heterocycles. The Labute approximate surface area is 123 Å². The fourth-order valence-electron chi connectivity index (χ4n) is 2.51. The predicted octanol–water partition coefficient (Wildman–Crippen LogP) is 3.79. The van der Waals surface area contributed by atoms with Gasteiger partial charge in [-0.25, -0.2) is 4.79 Å². The molecule has 0 spiro atoms. The highest BCUT2D eigenvalue weighted by Crippen LogP contribution is 2.43. The Kier molecular flexibility index (Phi) is 2.58. The number of aromatic nitrogens is 1. The average molecular weight is 298 g/mol. The molecule has 0 aliphatic carbocycles. The van der Waals surface area contributed by atoms with E-state index in [1.807, 2.05) is 24.3 Å². The van der Waals surface area contributed by atoms with Gasteiger partial charge in [-0.2, -0.15) is 0 Å². The first kappa shape index (κ1) is 12.2. The number of carbonyl (C=O) groups is 1. The van der Waals surface area contributed by atoms with E-state index in [4.69, 9.17) is 9.84 Å². The Hall–Kier alpha value is -2.60. The maximum absolute atomic E-state index is 11.2. The number of fused-ring (bicyclic) bond motifs is 5. The summed E-state index contributed by atoms with van der Waals surface area (Å²) in [5.74, 6) is 0.730. The van der Waals surface area contributed by atoms with Crippen LogP contribution in [0, 0.1) is 0 Å². The Morgan fingerprint density at radius 2 is 2.29 bits per heavy atom. The number of rotatable bonds is 0. The van der Waals surface area contributed by atoms with Gasteiger partial charge >= 0.3 is 6.09 Å². The van der Waals surface area contributed by atoms with Gasteiger partial charge in [0.25, 0.3) is 0 Å². The molecule has 1 amide bonds.